The van der Waals surface area contributed by atoms with Gasteiger partial charge in [-0.3, -0.25) is 4.79 Å². The lowest BCUT2D eigenvalue weighted by atomic mass is 10.3. The van der Waals surface area contributed by atoms with E-state index >= 15 is 0 Å². The van der Waals surface area contributed by atoms with E-state index < -0.39 is 18.6 Å². The number of alkyl halides is 3. The SMILES string of the molecule is O=C(CSCc1ccn(-c2ccccc2)n1)NCC(F)(F)F. The van der Waals surface area contributed by atoms with Crippen LogP contribution in [0.4, 0.5) is 13.2 Å². The second-order valence-corrected chi connectivity index (χ2v) is 5.46. The zero-order chi connectivity index (χ0) is 16.0. The molecule has 118 valence electrons. The molecule has 22 heavy (non-hydrogen) atoms. The van der Waals surface area contributed by atoms with Crippen LogP contribution in [0.3, 0.4) is 0 Å². The Kier molecular flexibility index (Phi) is 5.48. The highest BCUT2D eigenvalue weighted by atomic mass is 32.2. The van der Waals surface area contributed by atoms with Crippen LogP contribution in [-0.4, -0.2) is 34.2 Å². The number of rotatable bonds is 6. The van der Waals surface area contributed by atoms with Crippen molar-refractivity contribution in [1.82, 2.24) is 15.1 Å². The molecule has 0 radical (unpaired) electrons. The number of halogens is 3. The lowest BCUT2D eigenvalue weighted by Crippen LogP contribution is -2.34. The van der Waals surface area contributed by atoms with E-state index in [0.717, 1.165) is 11.4 Å². The van der Waals surface area contributed by atoms with Gasteiger partial charge in [0.25, 0.3) is 0 Å². The summed E-state index contributed by atoms with van der Waals surface area (Å²) in [6.45, 7) is -1.30. The van der Waals surface area contributed by atoms with Crippen LogP contribution in [-0.2, 0) is 10.5 Å². The molecule has 1 aromatic heterocycles. The highest BCUT2D eigenvalue weighted by Gasteiger charge is 2.27. The quantitative estimate of drug-likeness (QED) is 0.886. The van der Waals surface area contributed by atoms with Crippen LogP contribution >= 0.6 is 11.8 Å². The Morgan fingerprint density at radius 2 is 1.95 bits per heavy atom. The highest BCUT2D eigenvalue weighted by Crippen LogP contribution is 2.14. The molecule has 2 aromatic rings. The highest BCUT2D eigenvalue weighted by molar-refractivity contribution is 7.99. The van der Waals surface area contributed by atoms with Gasteiger partial charge in [0, 0.05) is 11.9 Å². The average Bonchev–Trinajstić information content (AvgIpc) is 2.94. The molecule has 1 N–H and O–H groups in total. The van der Waals surface area contributed by atoms with E-state index in [-0.39, 0.29) is 5.75 Å². The molecule has 4 nitrogen and oxygen atoms in total. The molecule has 0 bridgehead atoms. The largest absolute Gasteiger partial charge is 0.405 e. The molecule has 0 saturated carbocycles. The molecule has 0 aliphatic rings. The van der Waals surface area contributed by atoms with Gasteiger partial charge in [-0.1, -0.05) is 18.2 Å². The predicted octanol–water partition coefficient (Wildman–Crippen LogP) is 2.78. The Morgan fingerprint density at radius 3 is 2.64 bits per heavy atom. The van der Waals surface area contributed by atoms with Crippen molar-refractivity contribution in [2.75, 3.05) is 12.3 Å². The minimum absolute atomic E-state index is 0.0335. The van der Waals surface area contributed by atoms with Crippen LogP contribution in [0.1, 0.15) is 5.69 Å². The molecule has 0 aliphatic carbocycles. The van der Waals surface area contributed by atoms with E-state index in [2.05, 4.69) is 5.10 Å². The zero-order valence-corrected chi connectivity index (χ0v) is 12.3. The van der Waals surface area contributed by atoms with Gasteiger partial charge >= 0.3 is 6.18 Å². The number of hydrogen-bond donors (Lipinski definition) is 1. The third kappa shape index (κ3) is 5.44. The molecule has 1 aromatic carbocycles. The number of carbonyl (C=O) groups is 1. The summed E-state index contributed by atoms with van der Waals surface area (Å²) < 4.78 is 37.5. The number of carbonyl (C=O) groups excluding carboxylic acids is 1. The first-order valence-corrected chi connectivity index (χ1v) is 7.61. The average molecular weight is 329 g/mol. The van der Waals surface area contributed by atoms with E-state index in [0.29, 0.717) is 5.75 Å². The smallest absolute Gasteiger partial charge is 0.346 e. The maximum absolute atomic E-state index is 11.9. The van der Waals surface area contributed by atoms with Gasteiger partial charge < -0.3 is 5.32 Å². The minimum atomic E-state index is -4.38. The lowest BCUT2D eigenvalue weighted by molar-refractivity contribution is -0.136. The molecule has 8 heteroatoms. The zero-order valence-electron chi connectivity index (χ0n) is 11.5. The number of aromatic nitrogens is 2. The fraction of sp³-hybridized carbons (Fsp3) is 0.286. The second kappa shape index (κ2) is 7.35. The number of amides is 1. The van der Waals surface area contributed by atoms with E-state index in [1.54, 1.807) is 10.9 Å². The molecular formula is C14H14F3N3OS. The molecule has 0 saturated heterocycles. The van der Waals surface area contributed by atoms with Crippen molar-refractivity contribution in [3.8, 4) is 5.69 Å². The van der Waals surface area contributed by atoms with Gasteiger partial charge in [0.15, 0.2) is 0 Å². The van der Waals surface area contributed by atoms with Crippen molar-refractivity contribution in [1.29, 1.82) is 0 Å². The number of para-hydroxylation sites is 1. The van der Waals surface area contributed by atoms with Crippen molar-refractivity contribution in [3.63, 3.8) is 0 Å². The summed E-state index contributed by atoms with van der Waals surface area (Å²) in [7, 11) is 0. The molecule has 0 unspecified atom stereocenters. The first-order chi connectivity index (χ1) is 10.4. The van der Waals surface area contributed by atoms with E-state index in [4.69, 9.17) is 0 Å². The van der Waals surface area contributed by atoms with Crippen molar-refractivity contribution in [2.24, 2.45) is 0 Å². The Balaban J connectivity index is 1.76. The van der Waals surface area contributed by atoms with Gasteiger partial charge in [-0.2, -0.15) is 18.3 Å². The third-order valence-electron chi connectivity index (χ3n) is 2.63. The topological polar surface area (TPSA) is 46.9 Å². The number of hydrogen-bond acceptors (Lipinski definition) is 3. The maximum atomic E-state index is 11.9. The fourth-order valence-electron chi connectivity index (χ4n) is 1.66. The fourth-order valence-corrected chi connectivity index (χ4v) is 2.41. The van der Waals surface area contributed by atoms with E-state index in [1.165, 1.54) is 11.8 Å². The molecule has 1 amide bonds. The van der Waals surface area contributed by atoms with E-state index in [1.807, 2.05) is 41.7 Å². The van der Waals surface area contributed by atoms with Gasteiger partial charge in [0.1, 0.15) is 6.54 Å². The van der Waals surface area contributed by atoms with Crippen LogP contribution in [0.25, 0.3) is 5.69 Å². The van der Waals surface area contributed by atoms with Gasteiger partial charge in [0.2, 0.25) is 5.91 Å². The standard InChI is InChI=1S/C14H14F3N3OS/c15-14(16,17)10-18-13(21)9-22-8-11-6-7-20(19-11)12-4-2-1-3-5-12/h1-7H,8-10H2,(H,18,21). The van der Waals surface area contributed by atoms with Gasteiger partial charge in [-0.25, -0.2) is 4.68 Å². The predicted molar refractivity (Wildman–Crippen MR) is 78.8 cm³/mol. The summed E-state index contributed by atoms with van der Waals surface area (Å²) in [6, 6.07) is 11.3. The van der Waals surface area contributed by atoms with Crippen LogP contribution in [0.2, 0.25) is 0 Å². The Bertz CT molecular complexity index is 613. The van der Waals surface area contributed by atoms with Crippen molar-refractivity contribution >= 4 is 17.7 Å². The summed E-state index contributed by atoms with van der Waals surface area (Å²) in [5.41, 5.74) is 1.68. The first kappa shape index (κ1) is 16.4. The lowest BCUT2D eigenvalue weighted by Gasteiger charge is -2.07. The maximum Gasteiger partial charge on any atom is 0.405 e. The Morgan fingerprint density at radius 1 is 1.23 bits per heavy atom. The molecular weight excluding hydrogens is 315 g/mol. The van der Waals surface area contributed by atoms with Crippen LogP contribution < -0.4 is 5.32 Å². The van der Waals surface area contributed by atoms with Crippen LogP contribution in [0.15, 0.2) is 42.6 Å². The number of nitrogens with one attached hydrogen (secondary N) is 1. The van der Waals surface area contributed by atoms with Crippen LogP contribution in [0, 0.1) is 0 Å². The first-order valence-electron chi connectivity index (χ1n) is 6.45. The molecule has 0 fully saturated rings. The molecule has 0 spiro atoms. The monoisotopic (exact) mass is 329 g/mol. The van der Waals surface area contributed by atoms with E-state index in [9.17, 15) is 18.0 Å². The Hall–Kier alpha value is -1.96. The number of thioether (sulfide) groups is 1. The summed E-state index contributed by atoms with van der Waals surface area (Å²) in [6.07, 6.45) is -2.58. The number of benzene rings is 1. The Labute approximate surface area is 129 Å². The third-order valence-corrected chi connectivity index (χ3v) is 3.60. The second-order valence-electron chi connectivity index (χ2n) is 4.47. The minimum Gasteiger partial charge on any atom is -0.346 e. The van der Waals surface area contributed by atoms with Gasteiger partial charge in [-0.15, -0.1) is 11.8 Å². The van der Waals surface area contributed by atoms with Crippen LogP contribution in [0.5, 0.6) is 0 Å². The molecule has 2 rings (SSSR count). The van der Waals surface area contributed by atoms with Crippen molar-refractivity contribution in [2.45, 2.75) is 11.9 Å². The molecule has 0 aliphatic heterocycles. The summed E-state index contributed by atoms with van der Waals surface area (Å²) in [5, 5.41) is 6.18. The molecule has 1 heterocycles. The summed E-state index contributed by atoms with van der Waals surface area (Å²) in [4.78, 5) is 11.2. The van der Waals surface area contributed by atoms with Gasteiger partial charge in [-0.05, 0) is 18.2 Å². The summed E-state index contributed by atoms with van der Waals surface area (Å²) in [5.74, 6) is -0.210. The normalized spacial score (nSPS) is 11.4. The van der Waals surface area contributed by atoms with Crippen molar-refractivity contribution < 1.29 is 18.0 Å². The summed E-state index contributed by atoms with van der Waals surface area (Å²) >= 11 is 1.22. The van der Waals surface area contributed by atoms with Gasteiger partial charge in [0.05, 0.1) is 17.1 Å². The van der Waals surface area contributed by atoms with Crippen molar-refractivity contribution in [3.05, 3.63) is 48.3 Å². The number of nitrogens with zero attached hydrogens (tertiary/aromatic N) is 2. The molecule has 0 atom stereocenters.